The van der Waals surface area contributed by atoms with Crippen molar-refractivity contribution in [1.29, 1.82) is 0 Å². The number of ether oxygens (including phenoxy) is 1. The van der Waals surface area contributed by atoms with Gasteiger partial charge in [0.1, 0.15) is 5.54 Å². The Hall–Kier alpha value is -1.98. The summed E-state index contributed by atoms with van der Waals surface area (Å²) in [4.78, 5) is 18.7. The van der Waals surface area contributed by atoms with E-state index >= 15 is 0 Å². The van der Waals surface area contributed by atoms with Crippen LogP contribution in [0.2, 0.25) is 0 Å². The van der Waals surface area contributed by atoms with E-state index in [4.69, 9.17) is 10.5 Å². The summed E-state index contributed by atoms with van der Waals surface area (Å²) in [5, 5.41) is 1.11. The highest BCUT2D eigenvalue weighted by Gasteiger charge is 2.46. The average molecular weight is 313 g/mol. The lowest BCUT2D eigenvalue weighted by molar-refractivity contribution is -0.132. The largest absolute Gasteiger partial charge is 0.382 e. The van der Waals surface area contributed by atoms with Gasteiger partial charge in [-0.15, -0.1) is 0 Å². The maximum Gasteiger partial charge on any atom is 0.240 e. The van der Waals surface area contributed by atoms with Crippen LogP contribution in [-0.2, 0) is 16.1 Å². The van der Waals surface area contributed by atoms with Crippen LogP contribution in [0.3, 0.4) is 0 Å². The Bertz CT molecular complexity index is 731. The quantitative estimate of drug-likeness (QED) is 0.917. The highest BCUT2D eigenvalue weighted by Crippen LogP contribution is 2.31. The molecule has 0 spiro atoms. The van der Waals surface area contributed by atoms with E-state index in [2.05, 4.69) is 28.1 Å². The number of pyridine rings is 1. The number of likely N-dealkylation sites (tertiary alicyclic amines) is 1. The van der Waals surface area contributed by atoms with Crippen molar-refractivity contribution in [1.82, 2.24) is 9.88 Å². The molecule has 23 heavy (non-hydrogen) atoms. The zero-order chi connectivity index (χ0) is 16.4. The number of aromatic nitrogens is 1. The van der Waals surface area contributed by atoms with Gasteiger partial charge >= 0.3 is 0 Å². The van der Waals surface area contributed by atoms with Crippen LogP contribution in [0.25, 0.3) is 10.9 Å². The summed E-state index contributed by atoms with van der Waals surface area (Å²) in [5.74, 6) is -0.296. The summed E-state index contributed by atoms with van der Waals surface area (Å²) < 4.78 is 5.29. The van der Waals surface area contributed by atoms with Crippen molar-refractivity contribution >= 4 is 16.8 Å². The molecular formula is C18H23N3O2. The van der Waals surface area contributed by atoms with E-state index in [-0.39, 0.29) is 5.91 Å². The first kappa shape index (κ1) is 15.9. The predicted molar refractivity (Wildman–Crippen MR) is 89.9 cm³/mol. The second kappa shape index (κ2) is 6.26. The van der Waals surface area contributed by atoms with Crippen LogP contribution in [0.15, 0.2) is 30.3 Å². The first-order chi connectivity index (χ1) is 11.0. The molecule has 1 aromatic carbocycles. The second-order valence-corrected chi connectivity index (χ2v) is 6.33. The third kappa shape index (κ3) is 2.94. The number of rotatable bonds is 5. The molecule has 1 atom stereocenters. The van der Waals surface area contributed by atoms with Crippen molar-refractivity contribution in [2.45, 2.75) is 31.8 Å². The van der Waals surface area contributed by atoms with Gasteiger partial charge in [0.15, 0.2) is 0 Å². The lowest BCUT2D eigenvalue weighted by atomic mass is 9.95. The van der Waals surface area contributed by atoms with Gasteiger partial charge in [0.25, 0.3) is 0 Å². The zero-order valence-electron chi connectivity index (χ0n) is 13.7. The molecular weight excluding hydrogens is 290 g/mol. The SMILES string of the molecule is COCC1(C(N)=O)CCCN1Cc1ccc2nc(C)ccc2c1. The van der Waals surface area contributed by atoms with Crippen molar-refractivity contribution in [3.8, 4) is 0 Å². The topological polar surface area (TPSA) is 68.5 Å². The molecule has 2 heterocycles. The number of nitrogens with zero attached hydrogens (tertiary/aromatic N) is 2. The standard InChI is InChI=1S/C18H23N3O2/c1-13-4-6-15-10-14(5-7-16(15)20-13)11-21-9-3-8-18(21,12-23-2)17(19)22/h4-7,10H,3,8-9,11-12H2,1-2H3,(H2,19,22). The Morgan fingerprint density at radius 2 is 2.22 bits per heavy atom. The van der Waals surface area contributed by atoms with Crippen molar-refractivity contribution in [2.24, 2.45) is 5.73 Å². The first-order valence-electron chi connectivity index (χ1n) is 7.95. The fourth-order valence-corrected chi connectivity index (χ4v) is 3.51. The van der Waals surface area contributed by atoms with E-state index in [9.17, 15) is 4.79 Å². The van der Waals surface area contributed by atoms with Crippen molar-refractivity contribution in [3.63, 3.8) is 0 Å². The molecule has 1 saturated heterocycles. The zero-order valence-corrected chi connectivity index (χ0v) is 13.7. The van der Waals surface area contributed by atoms with E-state index in [1.807, 2.05) is 19.1 Å². The Kier molecular flexibility index (Phi) is 4.33. The van der Waals surface area contributed by atoms with Gasteiger partial charge in [0, 0.05) is 24.7 Å². The number of carbonyl (C=O) groups excluding carboxylic acids is 1. The molecule has 5 nitrogen and oxygen atoms in total. The molecule has 1 aromatic heterocycles. The Labute approximate surface area is 136 Å². The summed E-state index contributed by atoms with van der Waals surface area (Å²) >= 11 is 0. The van der Waals surface area contributed by atoms with Crippen LogP contribution in [0.4, 0.5) is 0 Å². The van der Waals surface area contributed by atoms with Gasteiger partial charge < -0.3 is 10.5 Å². The number of nitrogens with two attached hydrogens (primary N) is 1. The predicted octanol–water partition coefficient (Wildman–Crippen LogP) is 2.01. The molecule has 1 unspecified atom stereocenters. The third-order valence-corrected chi connectivity index (χ3v) is 4.73. The van der Waals surface area contributed by atoms with Gasteiger partial charge in [-0.25, -0.2) is 0 Å². The summed E-state index contributed by atoms with van der Waals surface area (Å²) in [6.45, 7) is 3.88. The number of benzene rings is 1. The van der Waals surface area contributed by atoms with Crippen LogP contribution in [0.1, 0.15) is 24.1 Å². The number of primary amides is 1. The highest BCUT2D eigenvalue weighted by molar-refractivity contribution is 5.85. The number of amides is 1. The van der Waals surface area contributed by atoms with Gasteiger partial charge in [0.2, 0.25) is 5.91 Å². The molecule has 0 radical (unpaired) electrons. The van der Waals surface area contributed by atoms with Crippen LogP contribution < -0.4 is 5.73 Å². The lowest BCUT2D eigenvalue weighted by Gasteiger charge is -2.35. The van der Waals surface area contributed by atoms with Gasteiger partial charge in [-0.3, -0.25) is 14.7 Å². The summed E-state index contributed by atoms with van der Waals surface area (Å²) in [6, 6.07) is 10.3. The minimum atomic E-state index is -0.685. The smallest absolute Gasteiger partial charge is 0.240 e. The maximum absolute atomic E-state index is 12.1. The lowest BCUT2D eigenvalue weighted by Crippen LogP contribution is -2.56. The first-order valence-corrected chi connectivity index (χ1v) is 7.95. The normalized spacial score (nSPS) is 21.8. The number of aryl methyl sites for hydroxylation is 1. The average Bonchev–Trinajstić information content (AvgIpc) is 2.92. The third-order valence-electron chi connectivity index (χ3n) is 4.73. The molecule has 2 N–H and O–H groups in total. The molecule has 1 aliphatic rings. The van der Waals surface area contributed by atoms with Gasteiger partial charge in [-0.1, -0.05) is 12.1 Å². The second-order valence-electron chi connectivity index (χ2n) is 6.33. The number of hydrogen-bond acceptors (Lipinski definition) is 4. The van der Waals surface area contributed by atoms with Gasteiger partial charge in [-0.05, 0) is 50.1 Å². The Morgan fingerprint density at radius 1 is 1.39 bits per heavy atom. The van der Waals surface area contributed by atoms with Gasteiger partial charge in [-0.2, -0.15) is 0 Å². The summed E-state index contributed by atoms with van der Waals surface area (Å²) in [6.07, 6.45) is 1.71. The fraction of sp³-hybridized carbons (Fsp3) is 0.444. The molecule has 1 amide bonds. The molecule has 1 fully saturated rings. The van der Waals surface area contributed by atoms with Crippen molar-refractivity contribution in [2.75, 3.05) is 20.3 Å². The maximum atomic E-state index is 12.1. The van der Waals surface area contributed by atoms with E-state index in [0.29, 0.717) is 13.2 Å². The van der Waals surface area contributed by atoms with E-state index < -0.39 is 5.54 Å². The van der Waals surface area contributed by atoms with Crippen molar-refractivity contribution < 1.29 is 9.53 Å². The molecule has 5 heteroatoms. The molecule has 2 aromatic rings. The van der Waals surface area contributed by atoms with Crippen LogP contribution in [-0.4, -0.2) is 41.6 Å². The molecule has 0 saturated carbocycles. The summed E-state index contributed by atoms with van der Waals surface area (Å²) in [5.41, 5.74) is 8.18. The Morgan fingerprint density at radius 3 is 2.96 bits per heavy atom. The van der Waals surface area contributed by atoms with Crippen LogP contribution in [0.5, 0.6) is 0 Å². The minimum Gasteiger partial charge on any atom is -0.382 e. The number of carbonyl (C=O) groups is 1. The van der Waals surface area contributed by atoms with Crippen LogP contribution in [0, 0.1) is 6.92 Å². The number of fused-ring (bicyclic) bond motifs is 1. The molecule has 122 valence electrons. The molecule has 0 bridgehead atoms. The van der Waals surface area contributed by atoms with E-state index in [0.717, 1.165) is 41.5 Å². The molecule has 0 aliphatic carbocycles. The molecule has 1 aliphatic heterocycles. The Balaban J connectivity index is 1.88. The fourth-order valence-electron chi connectivity index (χ4n) is 3.51. The number of methoxy groups -OCH3 is 1. The monoisotopic (exact) mass is 313 g/mol. The van der Waals surface area contributed by atoms with Gasteiger partial charge in [0.05, 0.1) is 12.1 Å². The van der Waals surface area contributed by atoms with E-state index in [1.54, 1.807) is 7.11 Å². The molecule has 3 rings (SSSR count). The van der Waals surface area contributed by atoms with E-state index in [1.165, 1.54) is 0 Å². The number of hydrogen-bond donors (Lipinski definition) is 1. The summed E-state index contributed by atoms with van der Waals surface area (Å²) in [7, 11) is 1.62. The van der Waals surface area contributed by atoms with Crippen molar-refractivity contribution in [3.05, 3.63) is 41.6 Å². The minimum absolute atomic E-state index is 0.296. The highest BCUT2D eigenvalue weighted by atomic mass is 16.5. The van der Waals surface area contributed by atoms with Crippen LogP contribution >= 0.6 is 0 Å².